The summed E-state index contributed by atoms with van der Waals surface area (Å²) < 4.78 is 2.48. The molecule has 7 aromatic rings. The van der Waals surface area contributed by atoms with Crippen LogP contribution in [-0.2, 0) is 10.8 Å². The van der Waals surface area contributed by atoms with Crippen LogP contribution in [0.25, 0.3) is 39.0 Å². The molecule has 2 aliphatic rings. The Kier molecular flexibility index (Phi) is 5.63. The van der Waals surface area contributed by atoms with Crippen LogP contribution in [0.3, 0.4) is 0 Å². The summed E-state index contributed by atoms with van der Waals surface area (Å²) >= 11 is 0. The van der Waals surface area contributed by atoms with Crippen LogP contribution in [0.2, 0.25) is 0 Å². The first-order chi connectivity index (χ1) is 22.4. The summed E-state index contributed by atoms with van der Waals surface area (Å²) in [6.45, 7) is 9.48. The highest BCUT2D eigenvalue weighted by Gasteiger charge is 2.41. The van der Waals surface area contributed by atoms with E-state index >= 15 is 0 Å². The quantitative estimate of drug-likeness (QED) is 0.197. The first kappa shape index (κ1) is 27.0. The molecule has 222 valence electrons. The summed E-state index contributed by atoms with van der Waals surface area (Å²) in [4.78, 5) is 2.43. The molecule has 0 saturated carbocycles. The lowest BCUT2D eigenvalue weighted by Gasteiger charge is -2.28. The fourth-order valence-corrected chi connectivity index (χ4v) is 8.38. The molecule has 0 radical (unpaired) electrons. The zero-order valence-electron chi connectivity index (χ0n) is 26.8. The number of hydrogen-bond donors (Lipinski definition) is 0. The number of rotatable bonds is 4. The van der Waals surface area contributed by atoms with Gasteiger partial charge in [-0.2, -0.15) is 0 Å². The minimum Gasteiger partial charge on any atom is -0.310 e. The number of para-hydroxylation sites is 2. The standard InChI is InChI=1S/C44H36N2/c1-43(2)37-21-13-11-19-33(37)34-25-23-32(28-39(34)43)45(29-15-7-5-8-16-29)31-24-26-40-36(27-31)41-42(46(40)30-17-9-6-10-18-30)35-20-12-14-22-38(35)44(41,3)4/h5-28H,1-4H3. The first-order valence-corrected chi connectivity index (χ1v) is 16.3. The highest BCUT2D eigenvalue weighted by atomic mass is 15.1. The molecule has 2 nitrogen and oxygen atoms in total. The number of benzene rings is 6. The van der Waals surface area contributed by atoms with Gasteiger partial charge in [-0.3, -0.25) is 0 Å². The van der Waals surface area contributed by atoms with Gasteiger partial charge in [-0.05, 0) is 88.0 Å². The van der Waals surface area contributed by atoms with E-state index in [9.17, 15) is 0 Å². The van der Waals surface area contributed by atoms with E-state index in [2.05, 4.69) is 183 Å². The minimum absolute atomic E-state index is 0.0717. The fraction of sp³-hybridized carbons (Fsp3) is 0.136. The zero-order valence-corrected chi connectivity index (χ0v) is 26.8. The molecular weight excluding hydrogens is 556 g/mol. The van der Waals surface area contributed by atoms with Crippen molar-refractivity contribution >= 4 is 28.0 Å². The van der Waals surface area contributed by atoms with Gasteiger partial charge in [-0.15, -0.1) is 0 Å². The van der Waals surface area contributed by atoms with Crippen LogP contribution in [0, 0.1) is 0 Å². The number of hydrogen-bond acceptors (Lipinski definition) is 1. The van der Waals surface area contributed by atoms with E-state index in [4.69, 9.17) is 0 Å². The van der Waals surface area contributed by atoms with Gasteiger partial charge in [0, 0.05) is 44.5 Å². The van der Waals surface area contributed by atoms with Gasteiger partial charge in [-0.1, -0.05) is 119 Å². The third-order valence-corrected chi connectivity index (χ3v) is 10.5. The molecule has 9 rings (SSSR count). The molecule has 0 N–H and O–H groups in total. The first-order valence-electron chi connectivity index (χ1n) is 16.3. The van der Waals surface area contributed by atoms with Crippen molar-refractivity contribution in [3.63, 3.8) is 0 Å². The van der Waals surface area contributed by atoms with Crippen LogP contribution in [-0.4, -0.2) is 4.57 Å². The maximum atomic E-state index is 2.48. The summed E-state index contributed by atoms with van der Waals surface area (Å²) in [7, 11) is 0. The van der Waals surface area contributed by atoms with Crippen LogP contribution in [0.5, 0.6) is 0 Å². The van der Waals surface area contributed by atoms with Crippen LogP contribution in [0.4, 0.5) is 17.1 Å². The van der Waals surface area contributed by atoms with Crippen molar-refractivity contribution in [1.29, 1.82) is 0 Å². The largest absolute Gasteiger partial charge is 0.310 e. The van der Waals surface area contributed by atoms with Crippen molar-refractivity contribution in [2.45, 2.75) is 38.5 Å². The SMILES string of the molecule is CC1(C)c2ccccc2-c2ccc(N(c3ccccc3)c3ccc4c(c3)c3c(n4-c4ccccc4)-c4ccccc4C3(C)C)cc21. The molecule has 46 heavy (non-hydrogen) atoms. The monoisotopic (exact) mass is 592 g/mol. The van der Waals surface area contributed by atoms with Crippen LogP contribution in [0.15, 0.2) is 146 Å². The van der Waals surface area contributed by atoms with E-state index in [0.717, 1.165) is 11.4 Å². The Morgan fingerprint density at radius 2 is 1.02 bits per heavy atom. The summed E-state index contributed by atoms with van der Waals surface area (Å²) in [5.41, 5.74) is 16.6. The second-order valence-electron chi connectivity index (χ2n) is 13.8. The lowest BCUT2D eigenvalue weighted by Crippen LogP contribution is -2.17. The average molecular weight is 593 g/mol. The van der Waals surface area contributed by atoms with Crippen molar-refractivity contribution in [2.24, 2.45) is 0 Å². The van der Waals surface area contributed by atoms with Crippen molar-refractivity contribution < 1.29 is 0 Å². The van der Waals surface area contributed by atoms with Crippen molar-refractivity contribution in [3.8, 4) is 28.1 Å². The van der Waals surface area contributed by atoms with Crippen LogP contribution < -0.4 is 4.90 Å². The Morgan fingerprint density at radius 1 is 0.457 bits per heavy atom. The molecule has 0 aliphatic heterocycles. The van der Waals surface area contributed by atoms with Gasteiger partial charge in [0.25, 0.3) is 0 Å². The van der Waals surface area contributed by atoms with Gasteiger partial charge in [0.2, 0.25) is 0 Å². The third kappa shape index (κ3) is 3.64. The Labute approximate surface area is 271 Å². The highest BCUT2D eigenvalue weighted by molar-refractivity contribution is 6.01. The lowest BCUT2D eigenvalue weighted by molar-refractivity contribution is 0.660. The minimum atomic E-state index is -0.135. The molecule has 0 atom stereocenters. The summed E-state index contributed by atoms with van der Waals surface area (Å²) in [6, 6.07) is 53.6. The molecule has 0 bridgehead atoms. The van der Waals surface area contributed by atoms with Crippen molar-refractivity contribution in [3.05, 3.63) is 168 Å². The highest BCUT2D eigenvalue weighted by Crippen LogP contribution is 2.55. The molecule has 0 unspecified atom stereocenters. The Bertz CT molecular complexity index is 2300. The predicted octanol–water partition coefficient (Wildman–Crippen LogP) is 11.7. The maximum Gasteiger partial charge on any atom is 0.0585 e. The second kappa shape index (κ2) is 9.58. The summed E-state index contributed by atoms with van der Waals surface area (Å²) in [5.74, 6) is 0. The van der Waals surface area contributed by atoms with Crippen molar-refractivity contribution in [2.75, 3.05) is 4.90 Å². The lowest BCUT2D eigenvalue weighted by atomic mass is 9.81. The molecule has 6 aromatic carbocycles. The molecule has 0 saturated heterocycles. The average Bonchev–Trinajstić information content (AvgIpc) is 3.64. The maximum absolute atomic E-state index is 2.48. The second-order valence-corrected chi connectivity index (χ2v) is 13.8. The summed E-state index contributed by atoms with van der Waals surface area (Å²) in [6.07, 6.45) is 0. The zero-order chi connectivity index (χ0) is 31.2. The molecule has 1 aromatic heterocycles. The van der Waals surface area contributed by atoms with E-state index in [0.29, 0.717) is 0 Å². The molecule has 0 spiro atoms. The van der Waals surface area contributed by atoms with Gasteiger partial charge in [0.05, 0.1) is 11.2 Å². The van der Waals surface area contributed by atoms with E-state index < -0.39 is 0 Å². The smallest absolute Gasteiger partial charge is 0.0585 e. The van der Waals surface area contributed by atoms with E-state index in [1.54, 1.807) is 0 Å². The molecule has 0 amide bonds. The molecule has 2 aliphatic carbocycles. The van der Waals surface area contributed by atoms with E-state index in [1.807, 2.05) is 0 Å². The number of aromatic nitrogens is 1. The number of anilines is 3. The number of fused-ring (bicyclic) bond motifs is 8. The van der Waals surface area contributed by atoms with Gasteiger partial charge in [-0.25, -0.2) is 0 Å². The normalized spacial score (nSPS) is 14.9. The summed E-state index contributed by atoms with van der Waals surface area (Å²) in [5, 5.41) is 1.30. The molecular formula is C44H36N2. The van der Waals surface area contributed by atoms with Gasteiger partial charge >= 0.3 is 0 Å². The third-order valence-electron chi connectivity index (χ3n) is 10.5. The Morgan fingerprint density at radius 3 is 1.76 bits per heavy atom. The Balaban J connectivity index is 1.30. The van der Waals surface area contributed by atoms with E-state index in [1.165, 1.54) is 66.9 Å². The van der Waals surface area contributed by atoms with Gasteiger partial charge in [0.15, 0.2) is 0 Å². The van der Waals surface area contributed by atoms with Crippen LogP contribution in [0.1, 0.15) is 49.9 Å². The predicted molar refractivity (Wildman–Crippen MR) is 193 cm³/mol. The molecule has 1 heterocycles. The van der Waals surface area contributed by atoms with E-state index in [-0.39, 0.29) is 10.8 Å². The van der Waals surface area contributed by atoms with Crippen molar-refractivity contribution in [1.82, 2.24) is 4.57 Å². The number of nitrogens with zero attached hydrogens (tertiary/aromatic N) is 2. The fourth-order valence-electron chi connectivity index (χ4n) is 8.38. The van der Waals surface area contributed by atoms with Crippen LogP contribution >= 0.6 is 0 Å². The molecule has 2 heteroatoms. The van der Waals surface area contributed by atoms with Gasteiger partial charge in [0.1, 0.15) is 0 Å². The Hall–Kier alpha value is -5.34. The van der Waals surface area contributed by atoms with Gasteiger partial charge < -0.3 is 9.47 Å². The molecule has 0 fully saturated rings. The topological polar surface area (TPSA) is 8.17 Å².